The molecule has 0 radical (unpaired) electrons. The lowest BCUT2D eigenvalue weighted by atomic mass is 9.89. The lowest BCUT2D eigenvalue weighted by Crippen LogP contribution is -2.43. The number of halogens is 1. The van der Waals surface area contributed by atoms with E-state index < -0.39 is 5.67 Å². The molecule has 0 N–H and O–H groups in total. The topological polar surface area (TPSA) is 51.0 Å². The number of alkyl halides is 1. The number of piperidine rings is 1. The third-order valence-corrected chi connectivity index (χ3v) is 5.26. The Morgan fingerprint density at radius 3 is 2.67 bits per heavy atom. The van der Waals surface area contributed by atoms with Crippen LogP contribution in [0.1, 0.15) is 54.2 Å². The maximum absolute atomic E-state index is 15.1. The van der Waals surface area contributed by atoms with Gasteiger partial charge in [0.1, 0.15) is 0 Å². The van der Waals surface area contributed by atoms with E-state index in [2.05, 4.69) is 10.1 Å². The number of nitrogens with zero attached hydrogens (tertiary/aromatic N) is 4. The highest BCUT2D eigenvalue weighted by Gasteiger charge is 2.39. The van der Waals surface area contributed by atoms with Gasteiger partial charge < -0.3 is 4.90 Å². The van der Waals surface area contributed by atoms with Gasteiger partial charge in [0, 0.05) is 38.3 Å². The largest absolute Gasteiger partial charge is 0.338 e. The second-order valence-corrected chi connectivity index (χ2v) is 6.77. The molecule has 1 aliphatic heterocycles. The number of aromatic nitrogens is 3. The van der Waals surface area contributed by atoms with Crippen molar-refractivity contribution in [2.45, 2.75) is 43.8 Å². The number of hydrogen-bond donors (Lipinski definition) is 0. The summed E-state index contributed by atoms with van der Waals surface area (Å²) in [6, 6.07) is 5.75. The van der Waals surface area contributed by atoms with Crippen molar-refractivity contribution >= 4 is 5.91 Å². The maximum atomic E-state index is 15.1. The molecule has 2 aromatic heterocycles. The smallest absolute Gasteiger partial charge is 0.257 e. The number of pyridine rings is 1. The van der Waals surface area contributed by atoms with Gasteiger partial charge in [-0.1, -0.05) is 6.07 Å². The third kappa shape index (κ3) is 2.70. The first-order chi connectivity index (χ1) is 11.7. The number of carbonyl (C=O) groups is 1. The van der Waals surface area contributed by atoms with Crippen LogP contribution in [0, 0.1) is 0 Å². The molecule has 126 valence electrons. The molecule has 2 aliphatic rings. The lowest BCUT2D eigenvalue weighted by molar-refractivity contribution is 0.0402. The molecule has 24 heavy (non-hydrogen) atoms. The van der Waals surface area contributed by atoms with E-state index >= 15 is 4.39 Å². The quantitative estimate of drug-likeness (QED) is 0.870. The maximum Gasteiger partial charge on any atom is 0.257 e. The van der Waals surface area contributed by atoms with Crippen LogP contribution in [0.15, 0.2) is 36.8 Å². The predicted molar refractivity (Wildman–Crippen MR) is 87.3 cm³/mol. The molecule has 0 unspecified atom stereocenters. The first-order valence-electron chi connectivity index (χ1n) is 8.60. The van der Waals surface area contributed by atoms with E-state index in [0.717, 1.165) is 12.8 Å². The van der Waals surface area contributed by atoms with E-state index in [-0.39, 0.29) is 18.7 Å². The monoisotopic (exact) mass is 328 g/mol. The fourth-order valence-electron chi connectivity index (χ4n) is 3.43. The Morgan fingerprint density at radius 2 is 2.04 bits per heavy atom. The Balaban J connectivity index is 1.42. The van der Waals surface area contributed by atoms with Crippen molar-refractivity contribution in [1.82, 2.24) is 19.7 Å². The second-order valence-electron chi connectivity index (χ2n) is 6.77. The van der Waals surface area contributed by atoms with Gasteiger partial charge in [0.15, 0.2) is 5.67 Å². The van der Waals surface area contributed by atoms with Gasteiger partial charge in [-0.3, -0.25) is 14.5 Å². The zero-order valence-electron chi connectivity index (χ0n) is 13.6. The summed E-state index contributed by atoms with van der Waals surface area (Å²) in [6.45, 7) is 0.807. The normalized spacial score (nSPS) is 20.6. The molecule has 0 spiro atoms. The number of carbonyl (C=O) groups excluding carboxylic acids is 1. The third-order valence-electron chi connectivity index (χ3n) is 5.26. The molecule has 2 aromatic rings. The average molecular weight is 328 g/mol. The molecule has 0 aromatic carbocycles. The summed E-state index contributed by atoms with van der Waals surface area (Å²) in [4.78, 5) is 18.5. The summed E-state index contributed by atoms with van der Waals surface area (Å²) in [5.74, 6) is -0.0522. The molecule has 4 rings (SSSR count). The summed E-state index contributed by atoms with van der Waals surface area (Å²) < 4.78 is 17.0. The SMILES string of the molecule is O=C(c1cnn(C2CCC2)c1)N1CCC(F)(c2ccccn2)CC1. The van der Waals surface area contributed by atoms with Crippen molar-refractivity contribution in [2.24, 2.45) is 0 Å². The van der Waals surface area contributed by atoms with Crippen LogP contribution in [-0.4, -0.2) is 38.7 Å². The highest BCUT2D eigenvalue weighted by Crippen LogP contribution is 2.36. The van der Waals surface area contributed by atoms with Crippen LogP contribution in [0.3, 0.4) is 0 Å². The number of likely N-dealkylation sites (tertiary alicyclic amines) is 1. The van der Waals surface area contributed by atoms with Crippen LogP contribution in [0.4, 0.5) is 4.39 Å². The summed E-state index contributed by atoms with van der Waals surface area (Å²) in [7, 11) is 0. The molecule has 2 fully saturated rings. The number of rotatable bonds is 3. The van der Waals surface area contributed by atoms with Crippen molar-refractivity contribution in [3.05, 3.63) is 48.0 Å². The van der Waals surface area contributed by atoms with E-state index in [1.54, 1.807) is 35.5 Å². The first-order valence-corrected chi connectivity index (χ1v) is 8.60. The highest BCUT2D eigenvalue weighted by molar-refractivity contribution is 5.93. The fraction of sp³-hybridized carbons (Fsp3) is 0.500. The summed E-state index contributed by atoms with van der Waals surface area (Å²) in [5.41, 5.74) is -0.366. The molecule has 1 aliphatic carbocycles. The molecular formula is C18H21FN4O. The van der Waals surface area contributed by atoms with E-state index in [0.29, 0.717) is 30.4 Å². The zero-order valence-corrected chi connectivity index (χ0v) is 13.6. The molecular weight excluding hydrogens is 307 g/mol. The molecule has 5 nitrogen and oxygen atoms in total. The standard InChI is InChI=1S/C18H21FN4O/c19-18(16-6-1-2-9-20-16)7-10-22(11-8-18)17(24)14-12-21-23(13-14)15-4-3-5-15/h1-2,6,9,12-13,15H,3-5,7-8,10-11H2. The Labute approximate surface area is 140 Å². The van der Waals surface area contributed by atoms with Crippen LogP contribution in [0.5, 0.6) is 0 Å². The van der Waals surface area contributed by atoms with E-state index in [1.807, 2.05) is 10.9 Å². The molecule has 3 heterocycles. The Morgan fingerprint density at radius 1 is 1.25 bits per heavy atom. The molecule has 0 atom stereocenters. The van der Waals surface area contributed by atoms with Crippen LogP contribution < -0.4 is 0 Å². The van der Waals surface area contributed by atoms with Crippen molar-refractivity contribution < 1.29 is 9.18 Å². The van der Waals surface area contributed by atoms with Crippen molar-refractivity contribution in [2.75, 3.05) is 13.1 Å². The van der Waals surface area contributed by atoms with E-state index in [4.69, 9.17) is 0 Å². The van der Waals surface area contributed by atoms with Crippen molar-refractivity contribution in [1.29, 1.82) is 0 Å². The molecule has 0 bridgehead atoms. The Hall–Kier alpha value is -2.24. The fourth-order valence-corrected chi connectivity index (χ4v) is 3.43. The van der Waals surface area contributed by atoms with Gasteiger partial charge in [-0.15, -0.1) is 0 Å². The van der Waals surface area contributed by atoms with E-state index in [9.17, 15) is 4.79 Å². The van der Waals surface area contributed by atoms with Gasteiger partial charge >= 0.3 is 0 Å². The molecule has 1 saturated carbocycles. The van der Waals surface area contributed by atoms with Gasteiger partial charge in [-0.05, 0) is 31.4 Å². The van der Waals surface area contributed by atoms with Gasteiger partial charge in [-0.25, -0.2) is 4.39 Å². The van der Waals surface area contributed by atoms with Gasteiger partial charge in [0.05, 0.1) is 23.5 Å². The average Bonchev–Trinajstić information content (AvgIpc) is 3.03. The summed E-state index contributed by atoms with van der Waals surface area (Å²) in [5, 5.41) is 4.32. The van der Waals surface area contributed by atoms with Crippen molar-refractivity contribution in [3.63, 3.8) is 0 Å². The second kappa shape index (κ2) is 6.00. The molecule has 1 saturated heterocycles. The van der Waals surface area contributed by atoms with E-state index in [1.165, 1.54) is 6.42 Å². The van der Waals surface area contributed by atoms with Crippen LogP contribution in [0.25, 0.3) is 0 Å². The Bertz CT molecular complexity index is 718. The van der Waals surface area contributed by atoms with Crippen LogP contribution in [-0.2, 0) is 5.67 Å². The van der Waals surface area contributed by atoms with Crippen molar-refractivity contribution in [3.8, 4) is 0 Å². The number of hydrogen-bond acceptors (Lipinski definition) is 3. The van der Waals surface area contributed by atoms with Gasteiger partial charge in [0.25, 0.3) is 5.91 Å². The number of amides is 1. The lowest BCUT2D eigenvalue weighted by Gasteiger charge is -2.35. The van der Waals surface area contributed by atoms with Gasteiger partial charge in [0.2, 0.25) is 0 Å². The minimum atomic E-state index is -1.44. The molecule has 1 amide bonds. The van der Waals surface area contributed by atoms with Crippen LogP contribution >= 0.6 is 0 Å². The molecule has 6 heteroatoms. The zero-order chi connectivity index (χ0) is 16.6. The first kappa shape index (κ1) is 15.3. The minimum Gasteiger partial charge on any atom is -0.338 e. The van der Waals surface area contributed by atoms with Gasteiger partial charge in [-0.2, -0.15) is 5.10 Å². The van der Waals surface area contributed by atoms with Crippen LogP contribution in [0.2, 0.25) is 0 Å². The minimum absolute atomic E-state index is 0.0522. The predicted octanol–water partition coefficient (Wildman–Crippen LogP) is 3.10. The highest BCUT2D eigenvalue weighted by atomic mass is 19.1. The summed E-state index contributed by atoms with van der Waals surface area (Å²) >= 11 is 0. The Kier molecular flexibility index (Phi) is 3.82. The summed E-state index contributed by atoms with van der Waals surface area (Å²) in [6.07, 6.45) is 9.15.